The summed E-state index contributed by atoms with van der Waals surface area (Å²) in [5.74, 6) is -1.86. The zero-order chi connectivity index (χ0) is 15.1. The number of ketones is 2. The molecule has 0 aromatic carbocycles. The average molecular weight is 277 g/mol. The lowest BCUT2D eigenvalue weighted by Crippen LogP contribution is -2.44. The number of nitrogens with zero attached hydrogens (tertiary/aromatic N) is 2. The Morgan fingerprint density at radius 1 is 1.35 bits per heavy atom. The minimum atomic E-state index is -1.18. The summed E-state index contributed by atoms with van der Waals surface area (Å²) in [6.45, 7) is 5.53. The van der Waals surface area contributed by atoms with Crippen LogP contribution >= 0.6 is 0 Å². The molecule has 0 spiro atoms. The maximum absolute atomic E-state index is 12.2. The number of nitrogens with one attached hydrogen (secondary N) is 1. The van der Waals surface area contributed by atoms with Crippen molar-refractivity contribution in [2.24, 2.45) is 18.4 Å². The summed E-state index contributed by atoms with van der Waals surface area (Å²) in [6.07, 6.45) is 0.502. The fourth-order valence-electron chi connectivity index (χ4n) is 2.61. The molecule has 0 radical (unpaired) electrons. The molecular formula is C14H19N3O3. The van der Waals surface area contributed by atoms with Crippen molar-refractivity contribution < 1.29 is 14.4 Å². The first-order valence-corrected chi connectivity index (χ1v) is 6.56. The van der Waals surface area contributed by atoms with Crippen molar-refractivity contribution >= 4 is 23.3 Å². The van der Waals surface area contributed by atoms with E-state index in [1.165, 1.54) is 4.68 Å². The summed E-state index contributed by atoms with van der Waals surface area (Å²) in [6, 6.07) is 1.69. The Bertz CT molecular complexity index is 566. The molecule has 0 atom stereocenters. The summed E-state index contributed by atoms with van der Waals surface area (Å²) < 4.78 is 1.51. The van der Waals surface area contributed by atoms with E-state index in [0.717, 1.165) is 5.69 Å². The molecule has 1 fully saturated rings. The van der Waals surface area contributed by atoms with Gasteiger partial charge in [-0.05, 0) is 12.3 Å². The molecule has 1 aliphatic rings. The molecule has 0 unspecified atom stereocenters. The lowest BCUT2D eigenvalue weighted by Gasteiger charge is -2.31. The lowest BCUT2D eigenvalue weighted by atomic mass is 9.71. The Kier molecular flexibility index (Phi) is 3.50. The second-order valence-corrected chi connectivity index (χ2v) is 6.17. The van der Waals surface area contributed by atoms with Gasteiger partial charge in [0.1, 0.15) is 5.82 Å². The van der Waals surface area contributed by atoms with Crippen LogP contribution in [0.1, 0.15) is 32.4 Å². The topological polar surface area (TPSA) is 81.1 Å². The quantitative estimate of drug-likeness (QED) is 0.825. The summed E-state index contributed by atoms with van der Waals surface area (Å²) >= 11 is 0. The fourth-order valence-corrected chi connectivity index (χ4v) is 2.61. The molecule has 1 aromatic heterocycles. The van der Waals surface area contributed by atoms with E-state index in [2.05, 4.69) is 10.4 Å². The number of Topliss-reactive ketones (excluding diaryl/α,β-unsaturated/α-hetero) is 2. The van der Waals surface area contributed by atoms with E-state index in [1.807, 2.05) is 13.8 Å². The van der Waals surface area contributed by atoms with E-state index >= 15 is 0 Å². The Hall–Kier alpha value is -1.98. The number of aromatic nitrogens is 2. The highest BCUT2D eigenvalue weighted by atomic mass is 16.2. The molecule has 0 bridgehead atoms. The molecule has 2 rings (SSSR count). The van der Waals surface area contributed by atoms with Crippen molar-refractivity contribution in [3.63, 3.8) is 0 Å². The minimum absolute atomic E-state index is 0.251. The third-order valence-corrected chi connectivity index (χ3v) is 3.46. The van der Waals surface area contributed by atoms with Crippen LogP contribution in [-0.2, 0) is 21.4 Å². The Balaban J connectivity index is 2.15. The molecule has 0 saturated heterocycles. The zero-order valence-corrected chi connectivity index (χ0v) is 12.2. The SMILES string of the molecule is Cc1cc(NC(=O)C2C(=O)CC(C)(C)CC2=O)n(C)n1. The minimum Gasteiger partial charge on any atom is -0.310 e. The molecule has 1 N–H and O–H groups in total. The number of anilines is 1. The van der Waals surface area contributed by atoms with Crippen LogP contribution in [0.5, 0.6) is 0 Å². The standard InChI is InChI=1S/C14H19N3O3/c1-8-5-11(17(4)16-8)15-13(20)12-9(18)6-14(2,3)7-10(12)19/h5,12H,6-7H2,1-4H3,(H,15,20). The van der Waals surface area contributed by atoms with Gasteiger partial charge in [0.05, 0.1) is 5.69 Å². The van der Waals surface area contributed by atoms with Crippen molar-refractivity contribution in [2.45, 2.75) is 33.6 Å². The predicted octanol–water partition coefficient (Wildman–Crippen LogP) is 1.24. The van der Waals surface area contributed by atoms with E-state index in [4.69, 9.17) is 0 Å². The van der Waals surface area contributed by atoms with Gasteiger partial charge in [0.15, 0.2) is 17.5 Å². The third kappa shape index (κ3) is 2.79. The van der Waals surface area contributed by atoms with Gasteiger partial charge in [0.25, 0.3) is 0 Å². The first kappa shape index (κ1) is 14.4. The highest BCUT2D eigenvalue weighted by molar-refractivity contribution is 6.23. The maximum atomic E-state index is 12.2. The largest absolute Gasteiger partial charge is 0.310 e. The summed E-state index contributed by atoms with van der Waals surface area (Å²) in [5, 5.41) is 6.71. The van der Waals surface area contributed by atoms with Gasteiger partial charge in [-0.1, -0.05) is 13.8 Å². The number of carbonyl (C=O) groups is 3. The summed E-state index contributed by atoms with van der Waals surface area (Å²) in [5.41, 5.74) is 0.402. The Labute approximate surface area is 117 Å². The average Bonchev–Trinajstić information content (AvgIpc) is 2.53. The van der Waals surface area contributed by atoms with Gasteiger partial charge in [-0.25, -0.2) is 0 Å². The first-order chi connectivity index (χ1) is 9.19. The number of carbonyl (C=O) groups excluding carboxylic acids is 3. The van der Waals surface area contributed by atoms with Crippen molar-refractivity contribution in [2.75, 3.05) is 5.32 Å². The van der Waals surface area contributed by atoms with Crippen LogP contribution in [0.4, 0.5) is 5.82 Å². The van der Waals surface area contributed by atoms with Gasteiger partial charge < -0.3 is 5.32 Å². The molecule has 0 aliphatic heterocycles. The van der Waals surface area contributed by atoms with Gasteiger partial charge in [0.2, 0.25) is 5.91 Å². The molecule has 20 heavy (non-hydrogen) atoms. The van der Waals surface area contributed by atoms with Crippen LogP contribution in [0.25, 0.3) is 0 Å². The summed E-state index contributed by atoms with van der Waals surface area (Å²) in [7, 11) is 1.69. The second kappa shape index (κ2) is 4.85. The number of hydrogen-bond acceptors (Lipinski definition) is 4. The van der Waals surface area contributed by atoms with Crippen LogP contribution in [-0.4, -0.2) is 27.3 Å². The lowest BCUT2D eigenvalue weighted by molar-refractivity contribution is -0.144. The van der Waals surface area contributed by atoms with Crippen molar-refractivity contribution in [3.05, 3.63) is 11.8 Å². The molecule has 1 amide bonds. The number of amides is 1. The summed E-state index contributed by atoms with van der Waals surface area (Å²) in [4.78, 5) is 36.2. The van der Waals surface area contributed by atoms with Gasteiger partial charge in [-0.2, -0.15) is 5.10 Å². The van der Waals surface area contributed by atoms with Crippen LogP contribution in [0, 0.1) is 18.3 Å². The highest BCUT2D eigenvalue weighted by Gasteiger charge is 2.43. The molecular weight excluding hydrogens is 258 g/mol. The smallest absolute Gasteiger partial charge is 0.243 e. The normalized spacial score (nSPS) is 19.2. The first-order valence-electron chi connectivity index (χ1n) is 6.56. The van der Waals surface area contributed by atoms with E-state index in [-0.39, 0.29) is 29.8 Å². The van der Waals surface area contributed by atoms with Crippen LogP contribution in [0.3, 0.4) is 0 Å². The van der Waals surface area contributed by atoms with E-state index in [0.29, 0.717) is 5.82 Å². The molecule has 1 saturated carbocycles. The predicted molar refractivity (Wildman–Crippen MR) is 73.1 cm³/mol. The van der Waals surface area contributed by atoms with Crippen LogP contribution in [0.2, 0.25) is 0 Å². The molecule has 1 aliphatic carbocycles. The van der Waals surface area contributed by atoms with E-state index < -0.39 is 11.8 Å². The maximum Gasteiger partial charge on any atom is 0.243 e. The fraction of sp³-hybridized carbons (Fsp3) is 0.571. The monoisotopic (exact) mass is 277 g/mol. The number of rotatable bonds is 2. The Morgan fingerprint density at radius 3 is 2.35 bits per heavy atom. The van der Waals surface area contributed by atoms with Crippen molar-refractivity contribution in [1.29, 1.82) is 0 Å². The second-order valence-electron chi connectivity index (χ2n) is 6.17. The molecule has 1 aromatic rings. The van der Waals surface area contributed by atoms with Gasteiger partial charge in [-0.15, -0.1) is 0 Å². The number of hydrogen-bond donors (Lipinski definition) is 1. The van der Waals surface area contributed by atoms with Crippen molar-refractivity contribution in [1.82, 2.24) is 9.78 Å². The van der Waals surface area contributed by atoms with E-state index in [1.54, 1.807) is 20.0 Å². The van der Waals surface area contributed by atoms with Crippen LogP contribution in [0.15, 0.2) is 6.07 Å². The molecule has 1 heterocycles. The zero-order valence-electron chi connectivity index (χ0n) is 12.2. The molecule has 108 valence electrons. The number of aryl methyl sites for hydroxylation is 2. The van der Waals surface area contributed by atoms with Gasteiger partial charge >= 0.3 is 0 Å². The van der Waals surface area contributed by atoms with Gasteiger partial charge in [-0.3, -0.25) is 19.1 Å². The van der Waals surface area contributed by atoms with Crippen molar-refractivity contribution in [3.8, 4) is 0 Å². The third-order valence-electron chi connectivity index (χ3n) is 3.46. The van der Waals surface area contributed by atoms with Crippen LogP contribution < -0.4 is 5.32 Å². The molecule has 6 heteroatoms. The van der Waals surface area contributed by atoms with E-state index in [9.17, 15) is 14.4 Å². The molecule has 6 nitrogen and oxygen atoms in total. The highest BCUT2D eigenvalue weighted by Crippen LogP contribution is 2.34. The van der Waals surface area contributed by atoms with Gasteiger partial charge in [0, 0.05) is 26.0 Å². The Morgan fingerprint density at radius 2 is 1.90 bits per heavy atom.